The van der Waals surface area contributed by atoms with Gasteiger partial charge in [0.1, 0.15) is 11.7 Å². The predicted molar refractivity (Wildman–Crippen MR) is 129 cm³/mol. The standard InChI is InChI=1S/C25H35N7O3/c1-15(2)32-20(9-11-27-32)24(34)30-22(21(16-5-6-16)17-7-8-17)25(35)29-19-12-28-31(14-19)13-18-4-3-10-26-23(18)33/h9,11-12,14-18,21-22H,3-8,10,13H2,1-2H3,(H,26,33)(H,29,35)(H,30,34). The van der Waals surface area contributed by atoms with Crippen LogP contribution in [0.25, 0.3) is 0 Å². The molecule has 2 aromatic heterocycles. The van der Waals surface area contributed by atoms with Crippen molar-refractivity contribution in [1.29, 1.82) is 0 Å². The molecule has 3 aliphatic rings. The van der Waals surface area contributed by atoms with Gasteiger partial charge in [-0.3, -0.25) is 23.7 Å². The molecule has 1 saturated heterocycles. The fourth-order valence-corrected chi connectivity index (χ4v) is 5.33. The van der Waals surface area contributed by atoms with Crippen LogP contribution >= 0.6 is 0 Å². The summed E-state index contributed by atoms with van der Waals surface area (Å²) in [6.45, 7) is 5.15. The van der Waals surface area contributed by atoms with Crippen molar-refractivity contribution >= 4 is 23.4 Å². The van der Waals surface area contributed by atoms with Crippen molar-refractivity contribution in [3.8, 4) is 0 Å². The topological polar surface area (TPSA) is 123 Å². The van der Waals surface area contributed by atoms with Crippen molar-refractivity contribution in [3.63, 3.8) is 0 Å². The van der Waals surface area contributed by atoms with E-state index >= 15 is 0 Å². The van der Waals surface area contributed by atoms with Gasteiger partial charge in [0.25, 0.3) is 5.91 Å². The highest BCUT2D eigenvalue weighted by molar-refractivity contribution is 6.00. The third-order valence-electron chi connectivity index (χ3n) is 7.39. The summed E-state index contributed by atoms with van der Waals surface area (Å²) in [5.74, 6) is 0.531. The van der Waals surface area contributed by atoms with Gasteiger partial charge >= 0.3 is 0 Å². The SMILES string of the molecule is CC(C)n1nccc1C(=O)NC(C(=O)Nc1cnn(CC2CCCNC2=O)c1)C(C1CC1)C1CC1. The maximum Gasteiger partial charge on any atom is 0.270 e. The van der Waals surface area contributed by atoms with Crippen molar-refractivity contribution < 1.29 is 14.4 Å². The molecule has 2 atom stereocenters. The molecule has 5 rings (SSSR count). The maximum atomic E-state index is 13.5. The summed E-state index contributed by atoms with van der Waals surface area (Å²) in [5.41, 5.74) is 1.03. The summed E-state index contributed by atoms with van der Waals surface area (Å²) in [4.78, 5) is 38.9. The Labute approximate surface area is 205 Å². The Kier molecular flexibility index (Phi) is 6.62. The molecule has 0 bridgehead atoms. The lowest BCUT2D eigenvalue weighted by Crippen LogP contribution is -2.50. The fraction of sp³-hybridized carbons (Fsp3) is 0.640. The van der Waals surface area contributed by atoms with Crippen LogP contribution in [0.4, 0.5) is 5.69 Å². The zero-order chi connectivity index (χ0) is 24.5. The molecule has 35 heavy (non-hydrogen) atoms. The highest BCUT2D eigenvalue weighted by atomic mass is 16.2. The van der Waals surface area contributed by atoms with Crippen molar-refractivity contribution in [2.75, 3.05) is 11.9 Å². The summed E-state index contributed by atoms with van der Waals surface area (Å²) in [7, 11) is 0. The van der Waals surface area contributed by atoms with E-state index < -0.39 is 6.04 Å². The number of anilines is 1. The van der Waals surface area contributed by atoms with Crippen molar-refractivity contribution in [3.05, 3.63) is 30.4 Å². The fourth-order valence-electron chi connectivity index (χ4n) is 5.33. The molecule has 3 N–H and O–H groups in total. The monoisotopic (exact) mass is 481 g/mol. The lowest BCUT2D eigenvalue weighted by Gasteiger charge is -2.27. The van der Waals surface area contributed by atoms with Crippen LogP contribution in [-0.2, 0) is 16.1 Å². The summed E-state index contributed by atoms with van der Waals surface area (Å²) in [6.07, 6.45) is 11.2. The van der Waals surface area contributed by atoms with Crippen LogP contribution in [0.15, 0.2) is 24.7 Å². The van der Waals surface area contributed by atoms with E-state index in [0.29, 0.717) is 29.8 Å². The minimum atomic E-state index is -0.620. The minimum Gasteiger partial charge on any atom is -0.356 e. The van der Waals surface area contributed by atoms with Gasteiger partial charge < -0.3 is 16.0 Å². The molecule has 2 aromatic rings. The molecule has 1 aliphatic heterocycles. The molecular formula is C25H35N7O3. The normalized spacial score (nSPS) is 21.1. The second kappa shape index (κ2) is 9.83. The van der Waals surface area contributed by atoms with Crippen molar-refractivity contribution in [2.24, 2.45) is 23.7 Å². The number of hydrogen-bond acceptors (Lipinski definition) is 5. The average Bonchev–Trinajstić information content (AvgIpc) is 3.75. The Bertz CT molecular complexity index is 1070. The van der Waals surface area contributed by atoms with Gasteiger partial charge in [0.05, 0.1) is 24.3 Å². The van der Waals surface area contributed by atoms with E-state index in [-0.39, 0.29) is 35.6 Å². The molecule has 0 radical (unpaired) electrons. The lowest BCUT2D eigenvalue weighted by molar-refractivity contribution is -0.127. The van der Waals surface area contributed by atoms with Crippen LogP contribution in [0.2, 0.25) is 0 Å². The van der Waals surface area contributed by atoms with Gasteiger partial charge in [-0.2, -0.15) is 10.2 Å². The summed E-state index contributed by atoms with van der Waals surface area (Å²) < 4.78 is 3.39. The molecule has 2 saturated carbocycles. The summed E-state index contributed by atoms with van der Waals surface area (Å²) >= 11 is 0. The third kappa shape index (κ3) is 5.41. The van der Waals surface area contributed by atoms with Crippen LogP contribution in [-0.4, -0.2) is 49.9 Å². The first-order valence-electron chi connectivity index (χ1n) is 12.9. The Hall–Kier alpha value is -3.17. The molecule has 3 fully saturated rings. The second-order valence-electron chi connectivity index (χ2n) is 10.5. The van der Waals surface area contributed by atoms with Crippen LogP contribution in [0.5, 0.6) is 0 Å². The van der Waals surface area contributed by atoms with Gasteiger partial charge in [-0.15, -0.1) is 0 Å². The van der Waals surface area contributed by atoms with E-state index in [1.807, 2.05) is 13.8 Å². The second-order valence-corrected chi connectivity index (χ2v) is 10.5. The Morgan fingerprint density at radius 2 is 1.89 bits per heavy atom. The highest BCUT2D eigenvalue weighted by Gasteiger charge is 2.48. The van der Waals surface area contributed by atoms with Crippen LogP contribution in [0.1, 0.15) is 68.9 Å². The van der Waals surface area contributed by atoms with E-state index in [2.05, 4.69) is 26.1 Å². The zero-order valence-electron chi connectivity index (χ0n) is 20.4. The first kappa shape index (κ1) is 23.6. The zero-order valence-corrected chi connectivity index (χ0v) is 20.4. The molecule has 2 aliphatic carbocycles. The molecule has 2 unspecified atom stereocenters. The molecule has 10 nitrogen and oxygen atoms in total. The smallest absolute Gasteiger partial charge is 0.270 e. The van der Waals surface area contributed by atoms with Gasteiger partial charge in [0, 0.05) is 25.0 Å². The Morgan fingerprint density at radius 1 is 1.14 bits per heavy atom. The third-order valence-corrected chi connectivity index (χ3v) is 7.39. The number of nitrogens with zero attached hydrogens (tertiary/aromatic N) is 4. The van der Waals surface area contributed by atoms with Crippen LogP contribution in [0, 0.1) is 23.7 Å². The van der Waals surface area contributed by atoms with Gasteiger partial charge in [0.15, 0.2) is 0 Å². The van der Waals surface area contributed by atoms with E-state index in [1.54, 1.807) is 34.0 Å². The molecular weight excluding hydrogens is 446 g/mol. The molecule has 3 amide bonds. The maximum absolute atomic E-state index is 13.5. The van der Waals surface area contributed by atoms with E-state index in [0.717, 1.165) is 45.1 Å². The quantitative estimate of drug-likeness (QED) is 0.481. The van der Waals surface area contributed by atoms with Gasteiger partial charge in [-0.25, -0.2) is 0 Å². The molecule has 0 aromatic carbocycles. The minimum absolute atomic E-state index is 0.0396. The first-order valence-corrected chi connectivity index (χ1v) is 12.9. The van der Waals surface area contributed by atoms with E-state index in [9.17, 15) is 14.4 Å². The van der Waals surface area contributed by atoms with Gasteiger partial charge in [0.2, 0.25) is 11.8 Å². The van der Waals surface area contributed by atoms with Crippen molar-refractivity contribution in [1.82, 2.24) is 30.2 Å². The number of piperidine rings is 1. The Morgan fingerprint density at radius 3 is 2.54 bits per heavy atom. The van der Waals surface area contributed by atoms with Gasteiger partial charge in [-0.05, 0) is 76.2 Å². The van der Waals surface area contributed by atoms with Crippen molar-refractivity contribution in [2.45, 2.75) is 71.0 Å². The number of hydrogen-bond donors (Lipinski definition) is 3. The molecule has 0 spiro atoms. The number of aromatic nitrogens is 4. The number of carbonyl (C=O) groups is 3. The van der Waals surface area contributed by atoms with Crippen LogP contribution in [0.3, 0.4) is 0 Å². The van der Waals surface area contributed by atoms with E-state index in [4.69, 9.17) is 0 Å². The summed E-state index contributed by atoms with van der Waals surface area (Å²) in [6, 6.07) is 1.11. The summed E-state index contributed by atoms with van der Waals surface area (Å²) in [5, 5.41) is 17.6. The molecule has 3 heterocycles. The van der Waals surface area contributed by atoms with E-state index in [1.165, 1.54) is 0 Å². The Balaban J connectivity index is 1.30. The number of amides is 3. The predicted octanol–water partition coefficient (Wildman–Crippen LogP) is 2.36. The lowest BCUT2D eigenvalue weighted by atomic mass is 9.88. The molecule has 188 valence electrons. The van der Waals surface area contributed by atoms with Gasteiger partial charge in [-0.1, -0.05) is 0 Å². The van der Waals surface area contributed by atoms with Crippen LogP contribution < -0.4 is 16.0 Å². The number of nitrogens with one attached hydrogen (secondary N) is 3. The highest BCUT2D eigenvalue weighted by Crippen LogP contribution is 2.50. The largest absolute Gasteiger partial charge is 0.356 e. The number of carbonyl (C=O) groups excluding carboxylic acids is 3. The number of rotatable bonds is 10. The molecule has 10 heteroatoms. The first-order chi connectivity index (χ1) is 16.9. The average molecular weight is 482 g/mol.